The van der Waals surface area contributed by atoms with Gasteiger partial charge in [-0.3, -0.25) is 4.72 Å². The normalized spacial score (nSPS) is 10.6. The van der Waals surface area contributed by atoms with Gasteiger partial charge < -0.3 is 15.5 Å². The van der Waals surface area contributed by atoms with Gasteiger partial charge in [0.15, 0.2) is 0 Å². The SMILES string of the molecule is CCN(CC)c1ccc(SNC)cc1Nc1cc(Nc2ccc(Cl)cc2)ncn1. The molecule has 0 fully saturated rings. The first-order valence-corrected chi connectivity index (χ1v) is 10.7. The van der Waals surface area contributed by atoms with Gasteiger partial charge in [0.05, 0.1) is 11.4 Å². The maximum absolute atomic E-state index is 5.96. The van der Waals surface area contributed by atoms with Crippen LogP contribution in [0.25, 0.3) is 0 Å². The number of aromatic nitrogens is 2. The van der Waals surface area contributed by atoms with Crippen LogP contribution in [0, 0.1) is 0 Å². The minimum Gasteiger partial charge on any atom is -0.370 e. The summed E-state index contributed by atoms with van der Waals surface area (Å²) in [6.07, 6.45) is 1.55. The van der Waals surface area contributed by atoms with Crippen molar-refractivity contribution >= 4 is 52.2 Å². The van der Waals surface area contributed by atoms with E-state index in [1.165, 1.54) is 0 Å². The van der Waals surface area contributed by atoms with Crippen LogP contribution in [0.4, 0.5) is 28.7 Å². The molecule has 0 saturated carbocycles. The van der Waals surface area contributed by atoms with Crippen molar-refractivity contribution in [2.24, 2.45) is 0 Å². The molecule has 0 unspecified atom stereocenters. The average Bonchev–Trinajstić information content (AvgIpc) is 2.73. The molecule has 3 rings (SSSR count). The summed E-state index contributed by atoms with van der Waals surface area (Å²) < 4.78 is 3.12. The van der Waals surface area contributed by atoms with Gasteiger partial charge in [-0.2, -0.15) is 0 Å². The van der Waals surface area contributed by atoms with Crippen LogP contribution in [0.1, 0.15) is 13.8 Å². The van der Waals surface area contributed by atoms with Crippen molar-refractivity contribution in [3.8, 4) is 0 Å². The topological polar surface area (TPSA) is 65.1 Å². The Labute approximate surface area is 181 Å². The highest BCUT2D eigenvalue weighted by molar-refractivity contribution is 7.97. The number of hydrogen-bond donors (Lipinski definition) is 3. The molecule has 0 spiro atoms. The van der Waals surface area contributed by atoms with Crippen LogP contribution >= 0.6 is 23.5 Å². The molecule has 0 aliphatic carbocycles. The Bertz CT molecular complexity index is 931. The molecule has 0 atom stereocenters. The third-order valence-corrected chi connectivity index (χ3v) is 5.28. The van der Waals surface area contributed by atoms with Gasteiger partial charge in [-0.15, -0.1) is 0 Å². The smallest absolute Gasteiger partial charge is 0.135 e. The monoisotopic (exact) mass is 428 g/mol. The van der Waals surface area contributed by atoms with Crippen LogP contribution in [0.3, 0.4) is 0 Å². The molecule has 0 amide bonds. The second kappa shape index (κ2) is 10.3. The molecule has 0 aliphatic rings. The van der Waals surface area contributed by atoms with E-state index < -0.39 is 0 Å². The van der Waals surface area contributed by atoms with E-state index in [2.05, 4.69) is 62.3 Å². The van der Waals surface area contributed by atoms with E-state index in [4.69, 9.17) is 11.6 Å². The van der Waals surface area contributed by atoms with E-state index in [-0.39, 0.29) is 0 Å². The van der Waals surface area contributed by atoms with Gasteiger partial charge in [-0.1, -0.05) is 11.6 Å². The molecule has 2 aromatic carbocycles. The lowest BCUT2D eigenvalue weighted by atomic mass is 10.2. The Morgan fingerprint density at radius 1 is 0.931 bits per heavy atom. The lowest BCUT2D eigenvalue weighted by molar-refractivity contribution is 0.866. The van der Waals surface area contributed by atoms with Crippen molar-refractivity contribution in [1.82, 2.24) is 14.7 Å². The highest BCUT2D eigenvalue weighted by Crippen LogP contribution is 2.32. The fourth-order valence-corrected chi connectivity index (χ4v) is 3.62. The van der Waals surface area contributed by atoms with Crippen LogP contribution < -0.4 is 20.3 Å². The fourth-order valence-electron chi connectivity index (χ4n) is 2.95. The fraction of sp³-hybridized carbons (Fsp3) is 0.238. The van der Waals surface area contributed by atoms with Crippen molar-refractivity contribution in [3.05, 3.63) is 59.9 Å². The average molecular weight is 429 g/mol. The summed E-state index contributed by atoms with van der Waals surface area (Å²) in [4.78, 5) is 12.1. The number of hydrogen-bond acceptors (Lipinski definition) is 7. The predicted octanol–water partition coefficient (Wildman–Crippen LogP) is 5.69. The Morgan fingerprint density at radius 2 is 1.62 bits per heavy atom. The van der Waals surface area contributed by atoms with Crippen LogP contribution in [0.15, 0.2) is 59.8 Å². The molecule has 8 heteroatoms. The van der Waals surface area contributed by atoms with Gasteiger partial charge in [-0.05, 0) is 75.3 Å². The van der Waals surface area contributed by atoms with Gasteiger partial charge in [0, 0.05) is 34.8 Å². The Kier molecular flexibility index (Phi) is 7.57. The number of nitrogens with one attached hydrogen (secondary N) is 3. The second-order valence-corrected chi connectivity index (χ2v) is 7.72. The van der Waals surface area contributed by atoms with Gasteiger partial charge in [0.25, 0.3) is 0 Å². The predicted molar refractivity (Wildman–Crippen MR) is 125 cm³/mol. The summed E-state index contributed by atoms with van der Waals surface area (Å²) in [6.45, 7) is 6.17. The maximum Gasteiger partial charge on any atom is 0.135 e. The highest BCUT2D eigenvalue weighted by atomic mass is 35.5. The molecule has 0 saturated heterocycles. The van der Waals surface area contributed by atoms with E-state index in [0.717, 1.165) is 40.9 Å². The third kappa shape index (κ3) is 5.76. The molecule has 3 aromatic rings. The summed E-state index contributed by atoms with van der Waals surface area (Å²) in [5, 5.41) is 7.43. The summed E-state index contributed by atoms with van der Waals surface area (Å²) in [5.41, 5.74) is 3.06. The molecule has 1 heterocycles. The molecule has 0 radical (unpaired) electrons. The molecule has 1 aromatic heterocycles. The Hall–Kier alpha value is -2.48. The molecule has 3 N–H and O–H groups in total. The first-order valence-electron chi connectivity index (χ1n) is 9.47. The number of rotatable bonds is 9. The molecular formula is C21H25ClN6S. The Morgan fingerprint density at radius 3 is 2.28 bits per heavy atom. The lowest BCUT2D eigenvalue weighted by Crippen LogP contribution is -2.22. The molecule has 6 nitrogen and oxygen atoms in total. The van der Waals surface area contributed by atoms with Crippen LogP contribution in [-0.4, -0.2) is 30.1 Å². The van der Waals surface area contributed by atoms with Crippen LogP contribution in [-0.2, 0) is 0 Å². The van der Waals surface area contributed by atoms with E-state index in [1.54, 1.807) is 18.3 Å². The van der Waals surface area contributed by atoms with Crippen LogP contribution in [0.5, 0.6) is 0 Å². The first-order chi connectivity index (χ1) is 14.1. The van der Waals surface area contributed by atoms with Crippen LogP contribution in [0.2, 0.25) is 5.02 Å². The minimum absolute atomic E-state index is 0.698. The number of benzene rings is 2. The molecule has 152 valence electrons. The lowest BCUT2D eigenvalue weighted by Gasteiger charge is -2.25. The molecule has 0 bridgehead atoms. The minimum atomic E-state index is 0.698. The number of anilines is 5. The van der Waals surface area contributed by atoms with Crippen molar-refractivity contribution < 1.29 is 0 Å². The van der Waals surface area contributed by atoms with Crippen molar-refractivity contribution in [2.45, 2.75) is 18.7 Å². The zero-order chi connectivity index (χ0) is 20.6. The third-order valence-electron chi connectivity index (χ3n) is 4.34. The highest BCUT2D eigenvalue weighted by Gasteiger charge is 2.11. The zero-order valence-corrected chi connectivity index (χ0v) is 18.3. The summed E-state index contributed by atoms with van der Waals surface area (Å²) in [5.74, 6) is 1.42. The van der Waals surface area contributed by atoms with Crippen molar-refractivity contribution in [1.29, 1.82) is 0 Å². The summed E-state index contributed by atoms with van der Waals surface area (Å²) in [7, 11) is 1.91. The largest absolute Gasteiger partial charge is 0.370 e. The maximum atomic E-state index is 5.96. The van der Waals surface area contributed by atoms with Gasteiger partial charge in [0.1, 0.15) is 18.0 Å². The Balaban J connectivity index is 1.86. The number of halogens is 1. The van der Waals surface area contributed by atoms with E-state index >= 15 is 0 Å². The molecule has 0 aliphatic heterocycles. The zero-order valence-electron chi connectivity index (χ0n) is 16.7. The first kappa shape index (κ1) is 21.2. The van der Waals surface area contributed by atoms with Gasteiger partial charge in [0.2, 0.25) is 0 Å². The van der Waals surface area contributed by atoms with E-state index in [9.17, 15) is 0 Å². The van der Waals surface area contributed by atoms with E-state index in [0.29, 0.717) is 10.8 Å². The van der Waals surface area contributed by atoms with Gasteiger partial charge >= 0.3 is 0 Å². The van der Waals surface area contributed by atoms with Crippen molar-refractivity contribution in [3.63, 3.8) is 0 Å². The molecular weight excluding hydrogens is 404 g/mol. The standard InChI is InChI=1S/C21H25ClN6S/c1-4-28(5-2)19-11-10-17(29-23-3)12-18(19)27-21-13-20(24-14-25-21)26-16-8-6-15(22)7-9-16/h6-14,23H,4-5H2,1-3H3,(H2,24,25,26,27). The quantitative estimate of drug-likeness (QED) is 0.378. The molecule has 29 heavy (non-hydrogen) atoms. The van der Waals surface area contributed by atoms with Gasteiger partial charge in [-0.25, -0.2) is 9.97 Å². The summed E-state index contributed by atoms with van der Waals surface area (Å²) >= 11 is 7.53. The summed E-state index contributed by atoms with van der Waals surface area (Å²) in [6, 6.07) is 15.8. The van der Waals surface area contributed by atoms with Crippen molar-refractivity contribution in [2.75, 3.05) is 35.7 Å². The number of nitrogens with zero attached hydrogens (tertiary/aromatic N) is 3. The van der Waals surface area contributed by atoms with E-state index in [1.807, 2.05) is 37.4 Å². The second-order valence-electron chi connectivity index (χ2n) is 6.20.